The molecule has 1 heterocycles. The first-order valence-corrected chi connectivity index (χ1v) is 8.98. The summed E-state index contributed by atoms with van der Waals surface area (Å²) >= 11 is 0. The molecule has 116 valence electrons. The van der Waals surface area contributed by atoms with E-state index in [1.54, 1.807) is 12.1 Å². The minimum atomic E-state index is -3.30. The Kier molecular flexibility index (Phi) is 4.68. The molecule has 0 spiro atoms. The molecule has 6 heteroatoms. The van der Waals surface area contributed by atoms with Crippen molar-refractivity contribution in [2.75, 3.05) is 25.9 Å². The van der Waals surface area contributed by atoms with Crippen molar-refractivity contribution in [1.29, 1.82) is 0 Å². The maximum absolute atomic E-state index is 12.2. The predicted octanol–water partition coefficient (Wildman–Crippen LogP) is 1.21. The molecule has 1 unspecified atom stereocenters. The van der Waals surface area contributed by atoms with Gasteiger partial charge >= 0.3 is 0 Å². The summed E-state index contributed by atoms with van der Waals surface area (Å²) in [5, 5.41) is 6.25. The number of hydrogen-bond donors (Lipinski definition) is 2. The minimum absolute atomic E-state index is 0.0579. The van der Waals surface area contributed by atoms with Gasteiger partial charge in [0, 0.05) is 24.9 Å². The molecule has 0 saturated carbocycles. The van der Waals surface area contributed by atoms with Crippen molar-refractivity contribution in [3.05, 3.63) is 29.8 Å². The number of nitrogens with one attached hydrogen (secondary N) is 2. The zero-order valence-corrected chi connectivity index (χ0v) is 13.3. The fourth-order valence-electron chi connectivity index (χ4n) is 2.53. The largest absolute Gasteiger partial charge is 0.351 e. The Morgan fingerprint density at radius 3 is 2.81 bits per heavy atom. The molecule has 1 fully saturated rings. The maximum atomic E-state index is 12.2. The van der Waals surface area contributed by atoms with Crippen LogP contribution >= 0.6 is 0 Å². The summed E-state index contributed by atoms with van der Waals surface area (Å²) in [5.74, 6) is -0.229. The molecule has 2 N–H and O–H groups in total. The van der Waals surface area contributed by atoms with Crippen LogP contribution in [0, 0.1) is 5.41 Å². The zero-order valence-electron chi connectivity index (χ0n) is 12.5. The van der Waals surface area contributed by atoms with Crippen LogP contribution in [0.4, 0.5) is 0 Å². The van der Waals surface area contributed by atoms with Gasteiger partial charge in [0.15, 0.2) is 9.84 Å². The first-order valence-electron chi connectivity index (χ1n) is 7.09. The summed E-state index contributed by atoms with van der Waals surface area (Å²) in [6, 6.07) is 6.14. The average Bonchev–Trinajstić information content (AvgIpc) is 2.45. The Morgan fingerprint density at radius 1 is 1.43 bits per heavy atom. The van der Waals surface area contributed by atoms with Crippen molar-refractivity contribution >= 4 is 15.7 Å². The summed E-state index contributed by atoms with van der Waals surface area (Å²) in [7, 11) is -3.30. The molecule has 2 rings (SSSR count). The first kappa shape index (κ1) is 16.0. The van der Waals surface area contributed by atoms with E-state index >= 15 is 0 Å². The molecule has 1 aromatic rings. The monoisotopic (exact) mass is 310 g/mol. The molecule has 0 radical (unpaired) electrons. The number of rotatable bonds is 4. The van der Waals surface area contributed by atoms with E-state index in [-0.39, 0.29) is 16.2 Å². The van der Waals surface area contributed by atoms with Crippen molar-refractivity contribution in [1.82, 2.24) is 10.6 Å². The van der Waals surface area contributed by atoms with Crippen molar-refractivity contribution in [3.63, 3.8) is 0 Å². The van der Waals surface area contributed by atoms with Gasteiger partial charge in [0.1, 0.15) is 0 Å². The molecular weight excluding hydrogens is 288 g/mol. The third kappa shape index (κ3) is 4.28. The van der Waals surface area contributed by atoms with Gasteiger partial charge in [-0.25, -0.2) is 8.42 Å². The fraction of sp³-hybridized carbons (Fsp3) is 0.533. The summed E-state index contributed by atoms with van der Waals surface area (Å²) in [4.78, 5) is 12.3. The topological polar surface area (TPSA) is 75.3 Å². The molecule has 21 heavy (non-hydrogen) atoms. The van der Waals surface area contributed by atoms with E-state index in [0.717, 1.165) is 32.2 Å². The van der Waals surface area contributed by atoms with Gasteiger partial charge < -0.3 is 10.6 Å². The highest BCUT2D eigenvalue weighted by Crippen LogP contribution is 2.24. The molecule has 1 amide bonds. The summed E-state index contributed by atoms with van der Waals surface area (Å²) in [6.45, 7) is 4.64. The molecular formula is C15H22N2O3S. The van der Waals surface area contributed by atoms with Crippen LogP contribution in [0.3, 0.4) is 0 Å². The molecule has 0 aromatic heterocycles. The highest BCUT2D eigenvalue weighted by atomic mass is 32.2. The van der Waals surface area contributed by atoms with E-state index in [1.165, 1.54) is 12.1 Å². The number of sulfone groups is 1. The number of amides is 1. The van der Waals surface area contributed by atoms with E-state index in [4.69, 9.17) is 0 Å². The van der Waals surface area contributed by atoms with Gasteiger partial charge in [-0.15, -0.1) is 0 Å². The minimum Gasteiger partial charge on any atom is -0.351 e. The quantitative estimate of drug-likeness (QED) is 0.876. The molecule has 5 nitrogen and oxygen atoms in total. The first-order chi connectivity index (χ1) is 9.80. The Balaban J connectivity index is 2.04. The van der Waals surface area contributed by atoms with E-state index in [1.807, 2.05) is 0 Å². The second-order valence-corrected chi connectivity index (χ2v) is 8.09. The van der Waals surface area contributed by atoms with Gasteiger partial charge in [-0.2, -0.15) is 0 Å². The summed E-state index contributed by atoms with van der Waals surface area (Å²) in [6.07, 6.45) is 3.32. The fourth-order valence-corrected chi connectivity index (χ4v) is 3.20. The van der Waals surface area contributed by atoms with Crippen LogP contribution in [0.2, 0.25) is 0 Å². The Morgan fingerprint density at radius 2 is 2.19 bits per heavy atom. The number of carbonyl (C=O) groups excluding carboxylic acids is 1. The second-order valence-electron chi connectivity index (χ2n) is 6.07. The van der Waals surface area contributed by atoms with Gasteiger partial charge in [0.25, 0.3) is 5.91 Å². The smallest absolute Gasteiger partial charge is 0.251 e. The van der Waals surface area contributed by atoms with E-state index < -0.39 is 9.84 Å². The van der Waals surface area contributed by atoms with Crippen molar-refractivity contribution < 1.29 is 13.2 Å². The third-order valence-electron chi connectivity index (χ3n) is 3.89. The number of benzene rings is 1. The van der Waals surface area contributed by atoms with Crippen LogP contribution in [0.25, 0.3) is 0 Å². The zero-order chi connectivity index (χ0) is 15.5. The highest BCUT2D eigenvalue weighted by Gasteiger charge is 2.27. The normalized spacial score (nSPS) is 22.8. The lowest BCUT2D eigenvalue weighted by Crippen LogP contribution is -2.45. The van der Waals surface area contributed by atoms with Crippen molar-refractivity contribution in [2.45, 2.75) is 24.7 Å². The summed E-state index contributed by atoms with van der Waals surface area (Å²) < 4.78 is 23.0. The van der Waals surface area contributed by atoms with Crippen molar-refractivity contribution in [2.24, 2.45) is 5.41 Å². The molecule has 1 aliphatic rings. The van der Waals surface area contributed by atoms with Gasteiger partial charge in [-0.1, -0.05) is 13.0 Å². The number of piperidine rings is 1. The standard InChI is InChI=1S/C15H22N2O3S/c1-15(7-4-8-16-10-15)11-17-14(18)12-5-3-6-13(9-12)21(2,19)20/h3,5-6,9,16H,4,7-8,10-11H2,1-2H3,(H,17,18). The van der Waals surface area contributed by atoms with Crippen LogP contribution in [-0.2, 0) is 9.84 Å². The maximum Gasteiger partial charge on any atom is 0.251 e. The van der Waals surface area contributed by atoms with Gasteiger partial charge in [0.2, 0.25) is 0 Å². The molecule has 1 saturated heterocycles. The van der Waals surface area contributed by atoms with E-state index in [2.05, 4.69) is 17.6 Å². The van der Waals surface area contributed by atoms with Crippen LogP contribution in [0.1, 0.15) is 30.1 Å². The molecule has 0 bridgehead atoms. The van der Waals surface area contributed by atoms with Crippen LogP contribution in [0.15, 0.2) is 29.2 Å². The van der Waals surface area contributed by atoms with Gasteiger partial charge in [-0.05, 0) is 43.0 Å². The van der Waals surface area contributed by atoms with E-state index in [0.29, 0.717) is 12.1 Å². The number of carbonyl (C=O) groups is 1. The SMILES string of the molecule is CC1(CNC(=O)c2cccc(S(C)(=O)=O)c2)CCCNC1. The highest BCUT2D eigenvalue weighted by molar-refractivity contribution is 7.90. The summed E-state index contributed by atoms with van der Waals surface area (Å²) in [5.41, 5.74) is 0.438. The van der Waals surface area contributed by atoms with Gasteiger partial charge in [-0.3, -0.25) is 4.79 Å². The Bertz CT molecular complexity index is 620. The molecule has 0 aliphatic carbocycles. The number of hydrogen-bond acceptors (Lipinski definition) is 4. The van der Waals surface area contributed by atoms with Crippen LogP contribution in [-0.4, -0.2) is 40.2 Å². The van der Waals surface area contributed by atoms with Crippen LogP contribution < -0.4 is 10.6 Å². The second kappa shape index (κ2) is 6.15. The molecule has 1 atom stereocenters. The molecule has 1 aromatic carbocycles. The van der Waals surface area contributed by atoms with Gasteiger partial charge in [0.05, 0.1) is 4.90 Å². The van der Waals surface area contributed by atoms with Crippen LogP contribution in [0.5, 0.6) is 0 Å². The third-order valence-corrected chi connectivity index (χ3v) is 5.00. The van der Waals surface area contributed by atoms with E-state index in [9.17, 15) is 13.2 Å². The predicted molar refractivity (Wildman–Crippen MR) is 82.1 cm³/mol. The van der Waals surface area contributed by atoms with Crippen molar-refractivity contribution in [3.8, 4) is 0 Å². The average molecular weight is 310 g/mol. The molecule has 1 aliphatic heterocycles. The Hall–Kier alpha value is -1.40. The lowest BCUT2D eigenvalue weighted by molar-refractivity contribution is 0.0924. The lowest BCUT2D eigenvalue weighted by Gasteiger charge is -2.34. The Labute approximate surface area is 126 Å². The lowest BCUT2D eigenvalue weighted by atomic mass is 9.83.